The van der Waals surface area contributed by atoms with Gasteiger partial charge in [0.25, 0.3) is 0 Å². The van der Waals surface area contributed by atoms with Crippen LogP contribution < -0.4 is 0 Å². The second kappa shape index (κ2) is 3.51. The fraction of sp³-hybridized carbons (Fsp3) is 1.00. The zero-order chi connectivity index (χ0) is 7.45. The quantitative estimate of drug-likeness (QED) is 0.539. The predicted octanol–water partition coefficient (Wildman–Crippen LogP) is 0.243. The molecular formula is C7H16O2Si. The Bertz CT molecular complexity index is 94.3. The van der Waals surface area contributed by atoms with E-state index >= 15 is 0 Å². The average Bonchev–Trinajstić information content (AvgIpc) is 1.89. The largest absolute Gasteiger partial charge is 0.355 e. The fourth-order valence-corrected chi connectivity index (χ4v) is 2.17. The summed E-state index contributed by atoms with van der Waals surface area (Å²) in [5.74, 6) is 0. The lowest BCUT2D eigenvalue weighted by molar-refractivity contribution is -0.195. The van der Waals surface area contributed by atoms with Crippen molar-refractivity contribution >= 4 is 10.2 Å². The molecule has 0 spiro atoms. The van der Waals surface area contributed by atoms with Crippen LogP contribution >= 0.6 is 0 Å². The van der Waals surface area contributed by atoms with Crippen molar-refractivity contribution in [3.05, 3.63) is 0 Å². The van der Waals surface area contributed by atoms with Crippen LogP contribution in [0.1, 0.15) is 26.2 Å². The summed E-state index contributed by atoms with van der Waals surface area (Å²) in [6, 6.07) is 0. The lowest BCUT2D eigenvalue weighted by Crippen LogP contribution is -2.39. The van der Waals surface area contributed by atoms with Crippen molar-refractivity contribution in [3.8, 4) is 0 Å². The van der Waals surface area contributed by atoms with Gasteiger partial charge in [-0.2, -0.15) is 0 Å². The van der Waals surface area contributed by atoms with Crippen molar-refractivity contribution in [3.63, 3.8) is 0 Å². The minimum Gasteiger partial charge on any atom is -0.355 e. The Morgan fingerprint density at radius 2 is 2.40 bits per heavy atom. The molecule has 3 heteroatoms. The molecule has 1 aliphatic heterocycles. The van der Waals surface area contributed by atoms with Crippen LogP contribution in [0.25, 0.3) is 0 Å². The lowest BCUT2D eigenvalue weighted by Gasteiger charge is -2.33. The molecule has 1 unspecified atom stereocenters. The highest BCUT2D eigenvalue weighted by molar-refractivity contribution is 6.13. The highest BCUT2D eigenvalue weighted by Crippen LogP contribution is 2.22. The van der Waals surface area contributed by atoms with Gasteiger partial charge in [-0.05, 0) is 26.2 Å². The van der Waals surface area contributed by atoms with Crippen molar-refractivity contribution in [2.24, 2.45) is 0 Å². The maximum atomic E-state index is 5.55. The van der Waals surface area contributed by atoms with Crippen LogP contribution in [0.4, 0.5) is 0 Å². The normalized spacial score (nSPS) is 34.5. The first-order valence-corrected chi connectivity index (χ1v) is 5.05. The van der Waals surface area contributed by atoms with Gasteiger partial charge < -0.3 is 9.47 Å². The number of ether oxygens (including phenoxy) is 2. The van der Waals surface area contributed by atoms with Gasteiger partial charge >= 0.3 is 0 Å². The summed E-state index contributed by atoms with van der Waals surface area (Å²) >= 11 is 0. The molecule has 0 N–H and O–H groups in total. The zero-order valence-corrected chi connectivity index (χ0v) is 8.85. The van der Waals surface area contributed by atoms with Gasteiger partial charge in [-0.25, -0.2) is 0 Å². The Balaban J connectivity index is 2.32. The van der Waals surface area contributed by atoms with E-state index in [4.69, 9.17) is 9.47 Å². The second-order valence-corrected chi connectivity index (χ2v) is 4.40. The van der Waals surface area contributed by atoms with Crippen molar-refractivity contribution < 1.29 is 9.47 Å². The Hall–Kier alpha value is 0.137. The molecule has 0 aromatic rings. The zero-order valence-electron chi connectivity index (χ0n) is 6.85. The van der Waals surface area contributed by atoms with E-state index in [9.17, 15) is 0 Å². The van der Waals surface area contributed by atoms with E-state index in [1.165, 1.54) is 12.8 Å². The van der Waals surface area contributed by atoms with E-state index in [1.807, 2.05) is 6.92 Å². The van der Waals surface area contributed by atoms with E-state index in [2.05, 4.69) is 0 Å². The Labute approximate surface area is 65.3 Å². The molecule has 0 aromatic heterocycles. The molecule has 2 nitrogen and oxygen atoms in total. The predicted molar refractivity (Wildman–Crippen MR) is 44.1 cm³/mol. The van der Waals surface area contributed by atoms with Crippen LogP contribution in [-0.2, 0) is 9.47 Å². The smallest absolute Gasteiger partial charge is 0.141 e. The number of hydrogen-bond donors (Lipinski definition) is 0. The topological polar surface area (TPSA) is 18.5 Å². The monoisotopic (exact) mass is 160 g/mol. The van der Waals surface area contributed by atoms with Crippen molar-refractivity contribution in [1.29, 1.82) is 0 Å². The third kappa shape index (κ3) is 2.07. The number of hydrogen-bond acceptors (Lipinski definition) is 2. The van der Waals surface area contributed by atoms with Gasteiger partial charge in [0.05, 0.1) is 10.2 Å². The van der Waals surface area contributed by atoms with Gasteiger partial charge in [-0.15, -0.1) is 0 Å². The van der Waals surface area contributed by atoms with E-state index in [0.29, 0.717) is 0 Å². The van der Waals surface area contributed by atoms with E-state index < -0.39 is 0 Å². The van der Waals surface area contributed by atoms with Crippen LogP contribution in [0.3, 0.4) is 0 Å². The van der Waals surface area contributed by atoms with E-state index in [1.54, 1.807) is 0 Å². The summed E-state index contributed by atoms with van der Waals surface area (Å²) in [7, 11) is 0.995. The Morgan fingerprint density at radius 1 is 1.60 bits per heavy atom. The van der Waals surface area contributed by atoms with Crippen LogP contribution in [0.5, 0.6) is 0 Å². The molecule has 0 bridgehead atoms. The minimum absolute atomic E-state index is 0.132. The van der Waals surface area contributed by atoms with Gasteiger partial charge in [-0.1, -0.05) is 0 Å². The molecule has 60 valence electrons. The Morgan fingerprint density at radius 3 is 2.90 bits per heavy atom. The molecule has 1 aliphatic rings. The Kier molecular flexibility index (Phi) is 2.89. The third-order valence-corrected chi connectivity index (χ3v) is 2.96. The third-order valence-electron chi connectivity index (χ3n) is 1.88. The highest BCUT2D eigenvalue weighted by Gasteiger charge is 2.27. The molecule has 0 radical (unpaired) electrons. The number of rotatable bonds is 2. The van der Waals surface area contributed by atoms with Gasteiger partial charge in [0, 0.05) is 13.2 Å². The molecule has 0 amide bonds. The molecule has 1 fully saturated rings. The highest BCUT2D eigenvalue weighted by atomic mass is 28.1. The van der Waals surface area contributed by atoms with Gasteiger partial charge in [0.1, 0.15) is 5.41 Å². The van der Waals surface area contributed by atoms with Crippen LogP contribution in [0.2, 0.25) is 0 Å². The lowest BCUT2D eigenvalue weighted by atomic mass is 10.2. The molecule has 10 heavy (non-hydrogen) atoms. The maximum Gasteiger partial charge on any atom is 0.141 e. The molecule has 1 rings (SSSR count). The first-order chi connectivity index (χ1) is 4.77. The van der Waals surface area contributed by atoms with Gasteiger partial charge in [0.15, 0.2) is 0 Å². The van der Waals surface area contributed by atoms with Crippen LogP contribution in [0.15, 0.2) is 0 Å². The first-order valence-electron chi connectivity index (χ1n) is 4.05. The van der Waals surface area contributed by atoms with E-state index in [-0.39, 0.29) is 5.41 Å². The fourth-order valence-electron chi connectivity index (χ4n) is 1.33. The summed E-state index contributed by atoms with van der Waals surface area (Å²) < 4.78 is 11.1. The first kappa shape index (κ1) is 8.24. The summed E-state index contributed by atoms with van der Waals surface area (Å²) in [6.07, 6.45) is 3.58. The second-order valence-electron chi connectivity index (χ2n) is 2.87. The molecular weight excluding hydrogens is 144 g/mol. The minimum atomic E-state index is -0.132. The summed E-state index contributed by atoms with van der Waals surface area (Å²) in [5, 5.41) is 0. The van der Waals surface area contributed by atoms with E-state index in [0.717, 1.165) is 29.9 Å². The van der Waals surface area contributed by atoms with Crippen molar-refractivity contribution in [2.45, 2.75) is 31.6 Å². The molecule has 0 aromatic carbocycles. The van der Waals surface area contributed by atoms with Crippen LogP contribution in [-0.4, -0.2) is 28.9 Å². The summed E-state index contributed by atoms with van der Waals surface area (Å²) in [5.41, 5.74) is -0.132. The van der Waals surface area contributed by atoms with Crippen molar-refractivity contribution in [2.75, 3.05) is 13.2 Å². The average molecular weight is 160 g/mol. The van der Waals surface area contributed by atoms with Gasteiger partial charge in [-0.3, -0.25) is 0 Å². The molecule has 1 heterocycles. The molecule has 0 aliphatic carbocycles. The molecule has 1 saturated heterocycles. The summed E-state index contributed by atoms with van der Waals surface area (Å²) in [6.45, 7) is 3.70. The standard InChI is InChI=1S/C7H16O2Si/c1-2-8-7(10)5-3-4-6-9-7/h2-6H2,1,10H3. The molecule has 0 saturated carbocycles. The SMILES string of the molecule is CCOC1([SiH3])CCCCO1. The van der Waals surface area contributed by atoms with Gasteiger partial charge in [0.2, 0.25) is 0 Å². The molecule has 1 atom stereocenters. The summed E-state index contributed by atoms with van der Waals surface area (Å²) in [4.78, 5) is 0. The van der Waals surface area contributed by atoms with Crippen LogP contribution in [0, 0.1) is 0 Å². The van der Waals surface area contributed by atoms with Crippen molar-refractivity contribution in [1.82, 2.24) is 0 Å². The maximum absolute atomic E-state index is 5.55.